The van der Waals surface area contributed by atoms with Crippen LogP contribution in [0.4, 0.5) is 0 Å². The summed E-state index contributed by atoms with van der Waals surface area (Å²) in [4.78, 5) is 6.83. The number of aromatic nitrogens is 1. The number of rotatable bonds is 8. The Morgan fingerprint density at radius 3 is 2.03 bits per heavy atom. The molecule has 0 N–H and O–H groups in total. The van der Waals surface area contributed by atoms with E-state index in [2.05, 4.69) is 54.9 Å². The molecule has 3 aromatic rings. The van der Waals surface area contributed by atoms with Crippen LogP contribution in [0.15, 0.2) is 47.1 Å². The van der Waals surface area contributed by atoms with Crippen molar-refractivity contribution in [3.05, 3.63) is 59.5 Å². The lowest BCUT2D eigenvalue weighted by Gasteiger charge is -2.18. The predicted octanol–water partition coefficient (Wildman–Crippen LogP) is 5.30. The summed E-state index contributed by atoms with van der Waals surface area (Å²) in [5, 5.41) is 0. The van der Waals surface area contributed by atoms with E-state index in [9.17, 15) is 0 Å². The van der Waals surface area contributed by atoms with Gasteiger partial charge in [-0.3, -0.25) is 4.90 Å². The van der Waals surface area contributed by atoms with Gasteiger partial charge in [-0.25, -0.2) is 4.98 Å². The van der Waals surface area contributed by atoms with E-state index in [-0.39, 0.29) is 5.41 Å². The molecule has 2 aromatic carbocycles. The largest absolute Gasteiger partial charge is 0.493 e. The van der Waals surface area contributed by atoms with E-state index in [0.29, 0.717) is 36.2 Å². The van der Waals surface area contributed by atoms with Gasteiger partial charge in [-0.15, -0.1) is 0 Å². The minimum Gasteiger partial charge on any atom is -0.493 e. The Bertz CT molecular complexity index is 978. The van der Waals surface area contributed by atoms with Crippen LogP contribution in [0.5, 0.6) is 17.2 Å². The van der Waals surface area contributed by atoms with Crippen LogP contribution >= 0.6 is 0 Å². The molecule has 0 saturated heterocycles. The Morgan fingerprint density at radius 2 is 1.52 bits per heavy atom. The Balaban J connectivity index is 1.70. The summed E-state index contributed by atoms with van der Waals surface area (Å²) in [5.74, 6) is 2.52. The van der Waals surface area contributed by atoms with Crippen LogP contribution in [-0.2, 0) is 18.5 Å². The normalized spacial score (nSPS) is 11.6. The van der Waals surface area contributed by atoms with Gasteiger partial charge in [0.05, 0.1) is 27.0 Å². The van der Waals surface area contributed by atoms with E-state index in [1.807, 2.05) is 19.2 Å². The fourth-order valence-electron chi connectivity index (χ4n) is 3.50. The Labute approximate surface area is 184 Å². The fourth-order valence-corrected chi connectivity index (χ4v) is 3.50. The zero-order valence-electron chi connectivity index (χ0n) is 19.5. The van der Waals surface area contributed by atoms with E-state index >= 15 is 0 Å². The molecule has 6 nitrogen and oxygen atoms in total. The van der Waals surface area contributed by atoms with Crippen LogP contribution in [-0.4, -0.2) is 38.3 Å². The Morgan fingerprint density at radius 1 is 0.903 bits per heavy atom. The standard InChI is InChI=1S/C25H32N2O4/c1-25(2,3)19-10-8-18(9-11-19)24-26-20(16-31-24)15-27(4)14-17-12-21(28-5)23(30-7)22(13-17)29-6/h8-13,16H,14-15H2,1-7H3. The van der Waals surface area contributed by atoms with E-state index in [0.717, 1.165) is 16.8 Å². The van der Waals surface area contributed by atoms with Gasteiger partial charge in [-0.1, -0.05) is 32.9 Å². The summed E-state index contributed by atoms with van der Waals surface area (Å²) < 4.78 is 22.0. The SMILES string of the molecule is COc1cc(CN(C)Cc2coc(-c3ccc(C(C)(C)C)cc3)n2)cc(OC)c1OC. The van der Waals surface area contributed by atoms with Gasteiger partial charge in [0.15, 0.2) is 11.5 Å². The molecule has 0 unspecified atom stereocenters. The summed E-state index contributed by atoms with van der Waals surface area (Å²) in [6.45, 7) is 7.96. The van der Waals surface area contributed by atoms with Gasteiger partial charge >= 0.3 is 0 Å². The smallest absolute Gasteiger partial charge is 0.226 e. The highest BCUT2D eigenvalue weighted by molar-refractivity contribution is 5.55. The summed E-state index contributed by atoms with van der Waals surface area (Å²) >= 11 is 0. The van der Waals surface area contributed by atoms with E-state index in [1.165, 1.54) is 5.56 Å². The molecule has 31 heavy (non-hydrogen) atoms. The average molecular weight is 425 g/mol. The van der Waals surface area contributed by atoms with Crippen LogP contribution in [0.1, 0.15) is 37.6 Å². The highest BCUT2D eigenvalue weighted by atomic mass is 16.5. The van der Waals surface area contributed by atoms with Gasteiger partial charge in [-0.05, 0) is 47.9 Å². The Hall–Kier alpha value is -2.99. The maximum atomic E-state index is 5.74. The van der Waals surface area contributed by atoms with Crippen molar-refractivity contribution in [1.82, 2.24) is 9.88 Å². The first-order chi connectivity index (χ1) is 14.7. The van der Waals surface area contributed by atoms with E-state index in [1.54, 1.807) is 27.6 Å². The molecule has 0 radical (unpaired) electrons. The molecule has 0 fully saturated rings. The molecule has 1 aromatic heterocycles. The molecule has 3 rings (SSSR count). The van der Waals surface area contributed by atoms with Gasteiger partial charge in [0, 0.05) is 18.7 Å². The van der Waals surface area contributed by atoms with Gasteiger partial charge < -0.3 is 18.6 Å². The molecule has 166 valence electrons. The fraction of sp³-hybridized carbons (Fsp3) is 0.400. The number of benzene rings is 2. The lowest BCUT2D eigenvalue weighted by Crippen LogP contribution is -2.17. The molecule has 6 heteroatoms. The van der Waals surface area contributed by atoms with E-state index in [4.69, 9.17) is 18.6 Å². The zero-order valence-corrected chi connectivity index (χ0v) is 19.5. The molecule has 1 heterocycles. The van der Waals surface area contributed by atoms with Crippen molar-refractivity contribution >= 4 is 0 Å². The van der Waals surface area contributed by atoms with Crippen LogP contribution < -0.4 is 14.2 Å². The Kier molecular flexibility index (Phi) is 6.91. The number of methoxy groups -OCH3 is 3. The van der Waals surface area contributed by atoms with Gasteiger partial charge in [0.2, 0.25) is 11.6 Å². The minimum absolute atomic E-state index is 0.121. The second kappa shape index (κ2) is 9.43. The van der Waals surface area contributed by atoms with Crippen molar-refractivity contribution in [2.45, 2.75) is 39.3 Å². The number of hydrogen-bond acceptors (Lipinski definition) is 6. The first-order valence-electron chi connectivity index (χ1n) is 10.3. The lowest BCUT2D eigenvalue weighted by molar-refractivity contribution is 0.306. The highest BCUT2D eigenvalue weighted by Gasteiger charge is 2.16. The van der Waals surface area contributed by atoms with Crippen LogP contribution in [0.2, 0.25) is 0 Å². The molecule has 0 aliphatic rings. The number of oxazole rings is 1. The zero-order chi connectivity index (χ0) is 22.6. The number of ether oxygens (including phenoxy) is 3. The molecular formula is C25H32N2O4. The molecule has 0 amide bonds. The third kappa shape index (κ3) is 5.39. The maximum Gasteiger partial charge on any atom is 0.226 e. The molecule has 0 aliphatic carbocycles. The van der Waals surface area contributed by atoms with Gasteiger partial charge in [-0.2, -0.15) is 0 Å². The lowest BCUT2D eigenvalue weighted by atomic mass is 9.87. The average Bonchev–Trinajstić information content (AvgIpc) is 3.20. The van der Waals surface area contributed by atoms with Crippen molar-refractivity contribution in [1.29, 1.82) is 0 Å². The summed E-state index contributed by atoms with van der Waals surface area (Å²) in [5.41, 5.74) is 4.32. The van der Waals surface area contributed by atoms with Crippen molar-refractivity contribution in [3.8, 4) is 28.7 Å². The van der Waals surface area contributed by atoms with Crippen LogP contribution in [0.3, 0.4) is 0 Å². The van der Waals surface area contributed by atoms with Gasteiger partial charge in [0.1, 0.15) is 6.26 Å². The topological polar surface area (TPSA) is 57.0 Å². The molecule has 0 aliphatic heterocycles. The quantitative estimate of drug-likeness (QED) is 0.489. The highest BCUT2D eigenvalue weighted by Crippen LogP contribution is 2.38. The molecule has 0 spiro atoms. The summed E-state index contributed by atoms with van der Waals surface area (Å²) in [6.07, 6.45) is 1.72. The second-order valence-electron chi connectivity index (χ2n) is 8.68. The van der Waals surface area contributed by atoms with Crippen LogP contribution in [0, 0.1) is 0 Å². The summed E-state index contributed by atoms with van der Waals surface area (Å²) in [6, 6.07) is 12.3. The summed E-state index contributed by atoms with van der Waals surface area (Å²) in [7, 11) is 6.88. The molecule has 0 saturated carbocycles. The van der Waals surface area contributed by atoms with Crippen LogP contribution in [0.25, 0.3) is 11.5 Å². The third-order valence-corrected chi connectivity index (χ3v) is 5.16. The van der Waals surface area contributed by atoms with Crippen molar-refractivity contribution in [2.75, 3.05) is 28.4 Å². The van der Waals surface area contributed by atoms with Crippen molar-refractivity contribution in [3.63, 3.8) is 0 Å². The minimum atomic E-state index is 0.121. The van der Waals surface area contributed by atoms with Crippen molar-refractivity contribution < 1.29 is 18.6 Å². The second-order valence-corrected chi connectivity index (χ2v) is 8.68. The molecular weight excluding hydrogens is 392 g/mol. The predicted molar refractivity (Wildman–Crippen MR) is 122 cm³/mol. The van der Waals surface area contributed by atoms with Gasteiger partial charge in [0.25, 0.3) is 0 Å². The number of nitrogens with zero attached hydrogens (tertiary/aromatic N) is 2. The number of hydrogen-bond donors (Lipinski definition) is 0. The molecule has 0 atom stereocenters. The third-order valence-electron chi connectivity index (χ3n) is 5.16. The maximum absolute atomic E-state index is 5.74. The molecule has 0 bridgehead atoms. The van der Waals surface area contributed by atoms with Crippen molar-refractivity contribution in [2.24, 2.45) is 0 Å². The first kappa shape index (κ1) is 22.7. The first-order valence-corrected chi connectivity index (χ1v) is 10.3. The van der Waals surface area contributed by atoms with E-state index < -0.39 is 0 Å². The monoisotopic (exact) mass is 424 g/mol.